The Bertz CT molecular complexity index is 416. The molecule has 0 aromatic rings. The highest BCUT2D eigenvalue weighted by Gasteiger charge is 2.40. The normalized spacial score (nSPS) is 37.0. The highest BCUT2D eigenvalue weighted by atomic mass is 32.2. The number of hydrogen-bond donors (Lipinski definition) is 2. The standard InChI is InChI=1S/C14H29N3O2S/c1-12-6-8-14(11-15,9-7-12)16-20(18,19)17-10-4-3-5-13(17)2/h12-13,16H,3-11,15H2,1-2H3. The molecular formula is C14H29N3O2S. The van der Waals surface area contributed by atoms with Crippen molar-refractivity contribution in [1.82, 2.24) is 9.03 Å². The fourth-order valence-electron chi connectivity index (χ4n) is 3.42. The third-order valence-corrected chi connectivity index (χ3v) is 6.87. The molecule has 118 valence electrons. The SMILES string of the molecule is CC1CCC(CN)(NS(=O)(=O)N2CCCCC2C)CC1. The van der Waals surface area contributed by atoms with Gasteiger partial charge in [0.05, 0.1) is 0 Å². The lowest BCUT2D eigenvalue weighted by Crippen LogP contribution is -2.60. The molecule has 0 aromatic carbocycles. The maximum absolute atomic E-state index is 12.7. The van der Waals surface area contributed by atoms with Gasteiger partial charge in [-0.3, -0.25) is 0 Å². The third kappa shape index (κ3) is 3.53. The van der Waals surface area contributed by atoms with Crippen LogP contribution in [0.1, 0.15) is 58.8 Å². The van der Waals surface area contributed by atoms with Gasteiger partial charge in [-0.25, -0.2) is 0 Å². The number of nitrogens with two attached hydrogens (primary N) is 1. The van der Waals surface area contributed by atoms with Gasteiger partial charge in [0.2, 0.25) is 0 Å². The average molecular weight is 303 g/mol. The molecular weight excluding hydrogens is 274 g/mol. The van der Waals surface area contributed by atoms with Crippen molar-refractivity contribution in [3.8, 4) is 0 Å². The Labute approximate surface area is 123 Å². The van der Waals surface area contributed by atoms with Crippen LogP contribution in [0, 0.1) is 5.92 Å². The van der Waals surface area contributed by atoms with Crippen LogP contribution >= 0.6 is 0 Å². The van der Waals surface area contributed by atoms with Gasteiger partial charge in [-0.15, -0.1) is 0 Å². The first-order chi connectivity index (χ1) is 9.38. The molecule has 3 N–H and O–H groups in total. The highest BCUT2D eigenvalue weighted by molar-refractivity contribution is 7.87. The molecule has 0 aromatic heterocycles. The van der Waals surface area contributed by atoms with Gasteiger partial charge in [0.25, 0.3) is 10.2 Å². The van der Waals surface area contributed by atoms with E-state index in [-0.39, 0.29) is 6.04 Å². The number of hydrogen-bond acceptors (Lipinski definition) is 3. The predicted molar refractivity (Wildman–Crippen MR) is 81.5 cm³/mol. The summed E-state index contributed by atoms with van der Waals surface area (Å²) in [6.07, 6.45) is 6.83. The van der Waals surface area contributed by atoms with E-state index >= 15 is 0 Å². The summed E-state index contributed by atoms with van der Waals surface area (Å²) in [5, 5.41) is 0. The Kier molecular flexibility index (Phi) is 5.10. The van der Waals surface area contributed by atoms with E-state index in [1.165, 1.54) is 0 Å². The van der Waals surface area contributed by atoms with Crippen LogP contribution in [0.15, 0.2) is 0 Å². The second kappa shape index (κ2) is 6.30. The molecule has 1 saturated heterocycles. The van der Waals surface area contributed by atoms with Crippen molar-refractivity contribution in [3.05, 3.63) is 0 Å². The first-order valence-electron chi connectivity index (χ1n) is 7.89. The molecule has 1 aliphatic carbocycles. The minimum Gasteiger partial charge on any atom is -0.329 e. The molecule has 20 heavy (non-hydrogen) atoms. The fraction of sp³-hybridized carbons (Fsp3) is 1.00. The Morgan fingerprint density at radius 3 is 2.40 bits per heavy atom. The molecule has 2 rings (SSSR count). The van der Waals surface area contributed by atoms with Crippen LogP contribution < -0.4 is 10.5 Å². The van der Waals surface area contributed by atoms with E-state index in [4.69, 9.17) is 5.73 Å². The topological polar surface area (TPSA) is 75.4 Å². The van der Waals surface area contributed by atoms with Crippen LogP contribution in [0.4, 0.5) is 0 Å². The van der Waals surface area contributed by atoms with Gasteiger partial charge in [-0.1, -0.05) is 13.3 Å². The Morgan fingerprint density at radius 2 is 1.85 bits per heavy atom. The van der Waals surface area contributed by atoms with E-state index in [1.54, 1.807) is 4.31 Å². The minimum atomic E-state index is -3.42. The molecule has 0 radical (unpaired) electrons. The molecule has 0 amide bonds. The molecule has 1 heterocycles. The second-order valence-electron chi connectivity index (χ2n) is 6.73. The maximum atomic E-state index is 12.7. The smallest absolute Gasteiger partial charge is 0.280 e. The van der Waals surface area contributed by atoms with E-state index in [0.29, 0.717) is 19.0 Å². The van der Waals surface area contributed by atoms with Crippen molar-refractivity contribution < 1.29 is 8.42 Å². The lowest BCUT2D eigenvalue weighted by atomic mass is 9.78. The summed E-state index contributed by atoms with van der Waals surface area (Å²) >= 11 is 0. The van der Waals surface area contributed by atoms with Crippen LogP contribution in [-0.2, 0) is 10.2 Å². The van der Waals surface area contributed by atoms with E-state index in [1.807, 2.05) is 6.92 Å². The van der Waals surface area contributed by atoms with Gasteiger partial charge in [-0.2, -0.15) is 17.4 Å². The third-order valence-electron chi connectivity index (χ3n) is 5.02. The van der Waals surface area contributed by atoms with Crippen LogP contribution in [0.25, 0.3) is 0 Å². The Balaban J connectivity index is 2.09. The maximum Gasteiger partial charge on any atom is 0.280 e. The number of nitrogens with zero attached hydrogens (tertiary/aromatic N) is 1. The van der Waals surface area contributed by atoms with Crippen LogP contribution in [0.2, 0.25) is 0 Å². The fourth-order valence-corrected chi connectivity index (χ4v) is 5.32. The predicted octanol–water partition coefficient (Wildman–Crippen LogP) is 1.60. The van der Waals surface area contributed by atoms with E-state index < -0.39 is 15.7 Å². The molecule has 0 spiro atoms. The quantitative estimate of drug-likeness (QED) is 0.828. The van der Waals surface area contributed by atoms with Crippen molar-refractivity contribution in [2.75, 3.05) is 13.1 Å². The highest BCUT2D eigenvalue weighted by Crippen LogP contribution is 2.32. The van der Waals surface area contributed by atoms with Crippen molar-refractivity contribution in [1.29, 1.82) is 0 Å². The zero-order chi connectivity index (χ0) is 14.8. The summed E-state index contributed by atoms with van der Waals surface area (Å²) in [4.78, 5) is 0. The molecule has 2 aliphatic rings. The summed E-state index contributed by atoms with van der Waals surface area (Å²) in [7, 11) is -3.42. The molecule has 6 heteroatoms. The van der Waals surface area contributed by atoms with Crippen molar-refractivity contribution in [3.63, 3.8) is 0 Å². The zero-order valence-electron chi connectivity index (χ0n) is 12.8. The number of nitrogens with one attached hydrogen (secondary N) is 1. The van der Waals surface area contributed by atoms with Crippen molar-refractivity contribution in [2.24, 2.45) is 11.7 Å². The van der Waals surface area contributed by atoms with Crippen LogP contribution in [0.5, 0.6) is 0 Å². The number of rotatable bonds is 4. The monoisotopic (exact) mass is 303 g/mol. The van der Waals surface area contributed by atoms with Gasteiger partial charge in [0, 0.05) is 24.7 Å². The van der Waals surface area contributed by atoms with E-state index in [0.717, 1.165) is 44.9 Å². The van der Waals surface area contributed by atoms with Gasteiger partial charge in [-0.05, 0) is 51.4 Å². The lowest BCUT2D eigenvalue weighted by molar-refractivity contribution is 0.215. The van der Waals surface area contributed by atoms with Crippen molar-refractivity contribution >= 4 is 10.2 Å². The largest absolute Gasteiger partial charge is 0.329 e. The average Bonchev–Trinajstić information content (AvgIpc) is 2.42. The van der Waals surface area contributed by atoms with Crippen LogP contribution in [0.3, 0.4) is 0 Å². The molecule has 1 aliphatic heterocycles. The van der Waals surface area contributed by atoms with E-state index in [2.05, 4.69) is 11.6 Å². The molecule has 1 unspecified atom stereocenters. The summed E-state index contributed by atoms with van der Waals surface area (Å²) in [5.41, 5.74) is 5.48. The first-order valence-corrected chi connectivity index (χ1v) is 9.33. The zero-order valence-corrected chi connectivity index (χ0v) is 13.6. The minimum absolute atomic E-state index is 0.0959. The molecule has 1 saturated carbocycles. The van der Waals surface area contributed by atoms with Gasteiger partial charge >= 0.3 is 0 Å². The molecule has 1 atom stereocenters. The molecule has 5 nitrogen and oxygen atoms in total. The summed E-state index contributed by atoms with van der Waals surface area (Å²) < 4.78 is 29.9. The molecule has 2 fully saturated rings. The van der Waals surface area contributed by atoms with Gasteiger partial charge in [0.1, 0.15) is 0 Å². The first kappa shape index (κ1) is 16.2. The van der Waals surface area contributed by atoms with E-state index in [9.17, 15) is 8.42 Å². The Hall–Kier alpha value is -0.170. The van der Waals surface area contributed by atoms with Crippen molar-refractivity contribution in [2.45, 2.75) is 70.4 Å². The molecule has 0 bridgehead atoms. The summed E-state index contributed by atoms with van der Waals surface area (Å²) in [6.45, 7) is 5.24. The summed E-state index contributed by atoms with van der Waals surface area (Å²) in [5.74, 6) is 0.674. The van der Waals surface area contributed by atoms with Crippen LogP contribution in [-0.4, -0.2) is 37.4 Å². The second-order valence-corrected chi connectivity index (χ2v) is 8.35. The Morgan fingerprint density at radius 1 is 1.20 bits per heavy atom. The lowest BCUT2D eigenvalue weighted by Gasteiger charge is -2.41. The van der Waals surface area contributed by atoms with Gasteiger partial charge < -0.3 is 5.73 Å². The number of piperidine rings is 1. The van der Waals surface area contributed by atoms with Gasteiger partial charge in [0.15, 0.2) is 0 Å². The summed E-state index contributed by atoms with van der Waals surface area (Å²) in [6, 6.07) is 0.0959.